The maximum absolute atomic E-state index is 12.1. The van der Waals surface area contributed by atoms with E-state index in [1.165, 1.54) is 10.5 Å². The van der Waals surface area contributed by atoms with Crippen LogP contribution < -0.4 is 5.46 Å². The number of hydrogen-bond acceptors (Lipinski definition) is 2. The molecule has 0 spiro atoms. The maximum atomic E-state index is 12.1. The van der Waals surface area contributed by atoms with Crippen LogP contribution in [-0.2, 0) is 10.2 Å². The van der Waals surface area contributed by atoms with Gasteiger partial charge in [-0.1, -0.05) is 36.7 Å². The predicted molar refractivity (Wildman–Crippen MR) is 82.8 cm³/mol. The first-order valence-corrected chi connectivity index (χ1v) is 7.12. The highest BCUT2D eigenvalue weighted by Crippen LogP contribution is 2.35. The Morgan fingerprint density at radius 2 is 2.05 bits per heavy atom. The highest BCUT2D eigenvalue weighted by molar-refractivity contribution is 6.32. The van der Waals surface area contributed by atoms with Gasteiger partial charge in [0.2, 0.25) is 5.91 Å². The summed E-state index contributed by atoms with van der Waals surface area (Å²) in [5, 5.41) is 7.91. The molecule has 1 fully saturated rings. The number of carbonyl (C=O) groups excluding carboxylic acids is 1. The Hall–Kier alpha value is -1.58. The van der Waals surface area contributed by atoms with E-state index >= 15 is 0 Å². The summed E-state index contributed by atoms with van der Waals surface area (Å²) in [7, 11) is 7.59. The summed E-state index contributed by atoms with van der Waals surface area (Å²) in [5.74, 6) is 0.457. The number of amides is 1. The lowest BCUT2D eigenvalue weighted by Gasteiger charge is -2.30. The van der Waals surface area contributed by atoms with Crippen molar-refractivity contribution >= 4 is 25.1 Å². The van der Waals surface area contributed by atoms with Gasteiger partial charge in [0.25, 0.3) is 0 Å². The van der Waals surface area contributed by atoms with Crippen molar-refractivity contribution in [2.75, 3.05) is 7.05 Å². The second kappa shape index (κ2) is 5.82. The van der Waals surface area contributed by atoms with Crippen molar-refractivity contribution in [3.63, 3.8) is 0 Å². The van der Waals surface area contributed by atoms with E-state index in [1.807, 2.05) is 18.2 Å². The Kier molecular flexibility index (Phi) is 4.31. The number of hydrogen-bond donors (Lipinski definition) is 1. The molecular weight excluding hydrogens is 247 g/mol. The van der Waals surface area contributed by atoms with Gasteiger partial charge in [-0.2, -0.15) is 0 Å². The monoisotopic (exact) mass is 268 g/mol. The van der Waals surface area contributed by atoms with E-state index in [-0.39, 0.29) is 11.3 Å². The Morgan fingerprint density at radius 1 is 1.30 bits per heavy atom. The van der Waals surface area contributed by atoms with Gasteiger partial charge in [0, 0.05) is 19.9 Å². The molecule has 0 saturated carbocycles. The van der Waals surface area contributed by atoms with E-state index < -0.39 is 0 Å². The lowest BCUT2D eigenvalue weighted by atomic mass is 9.73. The quantitative estimate of drug-likeness (QED) is 0.779. The molecule has 3 nitrogen and oxygen atoms in total. The average molecular weight is 268 g/mol. The molecule has 1 aliphatic rings. The van der Waals surface area contributed by atoms with Crippen LogP contribution in [0.4, 0.5) is 0 Å². The standard InChI is InChI=1S/C16H21BN2O/c1-16(12-5-3-6-13(17)11-12)9-4-7-14(18)19(2)15(20)8-10-16/h3,5-6,11,18H,4,7-10H2,1-2H3/t16-/m0/s1. The summed E-state index contributed by atoms with van der Waals surface area (Å²) < 4.78 is 0. The predicted octanol–water partition coefficient (Wildman–Crippen LogP) is 2.14. The van der Waals surface area contributed by atoms with Crippen molar-refractivity contribution in [1.82, 2.24) is 4.90 Å². The summed E-state index contributed by atoms with van der Waals surface area (Å²) >= 11 is 0. The zero-order valence-electron chi connectivity index (χ0n) is 12.3. The molecule has 0 aromatic heterocycles. The molecule has 20 heavy (non-hydrogen) atoms. The fourth-order valence-corrected chi connectivity index (χ4v) is 2.84. The largest absolute Gasteiger partial charge is 0.304 e. The van der Waals surface area contributed by atoms with E-state index in [2.05, 4.69) is 13.0 Å². The molecule has 1 amide bonds. The van der Waals surface area contributed by atoms with Crippen LogP contribution in [0.5, 0.6) is 0 Å². The first kappa shape index (κ1) is 14.8. The molecule has 1 saturated heterocycles. The fraction of sp³-hybridized carbons (Fsp3) is 0.500. The van der Waals surface area contributed by atoms with Crippen molar-refractivity contribution in [3.8, 4) is 0 Å². The molecule has 1 aromatic carbocycles. The SMILES string of the molecule is [B]c1cccc([C@@]2(C)CCCC(=N)N(C)C(=O)CC2)c1. The molecule has 0 aliphatic carbocycles. The normalized spacial score (nSPS) is 25.0. The fourth-order valence-electron chi connectivity index (χ4n) is 2.84. The van der Waals surface area contributed by atoms with Crippen LogP contribution in [-0.4, -0.2) is 31.5 Å². The number of benzene rings is 1. The Morgan fingerprint density at radius 3 is 2.75 bits per heavy atom. The molecule has 1 N–H and O–H groups in total. The van der Waals surface area contributed by atoms with Crippen LogP contribution in [0, 0.1) is 5.41 Å². The van der Waals surface area contributed by atoms with Crippen molar-refractivity contribution < 1.29 is 4.79 Å². The van der Waals surface area contributed by atoms with Crippen molar-refractivity contribution in [3.05, 3.63) is 29.8 Å². The van der Waals surface area contributed by atoms with Crippen molar-refractivity contribution in [1.29, 1.82) is 5.41 Å². The summed E-state index contributed by atoms with van der Waals surface area (Å²) in [5.41, 5.74) is 1.91. The lowest BCUT2D eigenvalue weighted by Crippen LogP contribution is -2.32. The van der Waals surface area contributed by atoms with Crippen LogP contribution in [0.3, 0.4) is 0 Å². The van der Waals surface area contributed by atoms with E-state index in [0.29, 0.717) is 18.7 Å². The lowest BCUT2D eigenvalue weighted by molar-refractivity contribution is -0.126. The molecule has 0 bridgehead atoms. The number of nitrogens with zero attached hydrogens (tertiary/aromatic N) is 1. The van der Waals surface area contributed by atoms with Gasteiger partial charge in [0.15, 0.2) is 0 Å². The van der Waals surface area contributed by atoms with Crippen LogP contribution in [0.2, 0.25) is 0 Å². The smallest absolute Gasteiger partial charge is 0.227 e. The minimum absolute atomic E-state index is 0.0343. The summed E-state index contributed by atoms with van der Waals surface area (Å²) in [6.07, 6.45) is 3.82. The van der Waals surface area contributed by atoms with E-state index in [1.54, 1.807) is 7.05 Å². The molecule has 1 atom stereocenters. The molecule has 1 aromatic rings. The third-order valence-electron chi connectivity index (χ3n) is 4.40. The third kappa shape index (κ3) is 3.11. The van der Waals surface area contributed by atoms with Crippen LogP contribution in [0.15, 0.2) is 24.3 Å². The summed E-state index contributed by atoms with van der Waals surface area (Å²) in [6, 6.07) is 7.96. The second-order valence-electron chi connectivity index (χ2n) is 5.94. The van der Waals surface area contributed by atoms with Gasteiger partial charge in [0.1, 0.15) is 13.7 Å². The molecule has 1 aliphatic heterocycles. The molecule has 2 radical (unpaired) electrons. The van der Waals surface area contributed by atoms with E-state index in [0.717, 1.165) is 24.7 Å². The average Bonchev–Trinajstić information content (AvgIpc) is 2.47. The first-order chi connectivity index (χ1) is 9.42. The molecule has 1 heterocycles. The molecule has 4 heteroatoms. The highest BCUT2D eigenvalue weighted by atomic mass is 16.2. The first-order valence-electron chi connectivity index (χ1n) is 7.12. The van der Waals surface area contributed by atoms with Crippen LogP contribution in [0.1, 0.15) is 44.6 Å². The number of rotatable bonds is 1. The Balaban J connectivity index is 2.26. The number of amidine groups is 1. The van der Waals surface area contributed by atoms with Crippen LogP contribution >= 0.6 is 0 Å². The van der Waals surface area contributed by atoms with Gasteiger partial charge in [-0.15, -0.1) is 0 Å². The van der Waals surface area contributed by atoms with E-state index in [9.17, 15) is 4.79 Å². The minimum Gasteiger partial charge on any atom is -0.304 e. The van der Waals surface area contributed by atoms with Gasteiger partial charge in [0.05, 0.1) is 0 Å². The minimum atomic E-state index is -0.0451. The number of carbonyl (C=O) groups is 1. The van der Waals surface area contributed by atoms with E-state index in [4.69, 9.17) is 13.3 Å². The van der Waals surface area contributed by atoms with Gasteiger partial charge in [-0.3, -0.25) is 10.2 Å². The third-order valence-corrected chi connectivity index (χ3v) is 4.40. The molecule has 0 unspecified atom stereocenters. The van der Waals surface area contributed by atoms with Gasteiger partial charge < -0.3 is 4.90 Å². The summed E-state index contributed by atoms with van der Waals surface area (Å²) in [4.78, 5) is 13.6. The Labute approximate surface area is 122 Å². The van der Waals surface area contributed by atoms with Crippen molar-refractivity contribution in [2.24, 2.45) is 0 Å². The highest BCUT2D eigenvalue weighted by Gasteiger charge is 2.30. The van der Waals surface area contributed by atoms with Crippen molar-refractivity contribution in [2.45, 2.75) is 44.4 Å². The second-order valence-corrected chi connectivity index (χ2v) is 5.94. The van der Waals surface area contributed by atoms with Gasteiger partial charge in [-0.25, -0.2) is 0 Å². The van der Waals surface area contributed by atoms with Gasteiger partial charge in [-0.05, 0) is 30.2 Å². The number of nitrogens with one attached hydrogen (secondary N) is 1. The maximum Gasteiger partial charge on any atom is 0.227 e. The summed E-state index contributed by atoms with van der Waals surface area (Å²) in [6.45, 7) is 2.20. The molecular formula is C16H21BN2O. The molecule has 104 valence electrons. The zero-order chi connectivity index (χ0) is 14.8. The topological polar surface area (TPSA) is 44.2 Å². The van der Waals surface area contributed by atoms with Crippen LogP contribution in [0.25, 0.3) is 0 Å². The Bertz CT molecular complexity index is 529. The van der Waals surface area contributed by atoms with Gasteiger partial charge >= 0.3 is 0 Å². The molecule has 2 rings (SSSR count). The zero-order valence-corrected chi connectivity index (χ0v) is 12.3.